The maximum atomic E-state index is 12.1. The van der Waals surface area contributed by atoms with Gasteiger partial charge >= 0.3 is 0 Å². The second kappa shape index (κ2) is 6.69. The van der Waals surface area contributed by atoms with Gasteiger partial charge in [0, 0.05) is 24.6 Å². The number of hydrogen-bond donors (Lipinski definition) is 0. The van der Waals surface area contributed by atoms with E-state index in [-0.39, 0.29) is 23.6 Å². The zero-order valence-electron chi connectivity index (χ0n) is 13.9. The molecule has 7 nitrogen and oxygen atoms in total. The van der Waals surface area contributed by atoms with E-state index in [1.807, 2.05) is 23.1 Å². The van der Waals surface area contributed by atoms with Crippen molar-refractivity contribution >= 4 is 32.5 Å². The number of benzene rings is 1. The zero-order chi connectivity index (χ0) is 17.4. The molecule has 3 heterocycles. The smallest absolute Gasteiger partial charge is 0.164 e. The van der Waals surface area contributed by atoms with Crippen LogP contribution in [0, 0.1) is 0 Å². The standard InChI is InChI=1S/C16H20N2O5S2/c1-21-6-7-24-16-17-12-9-25(19,20)10-13(12)18(16)11-2-3-14-15(8-11)23-5-4-22-14/h2-3,8,12-13H,4-7,9-10H2,1H3/t12-,13+/m1/s1. The Morgan fingerprint density at radius 3 is 2.88 bits per heavy atom. The van der Waals surface area contributed by atoms with Crippen molar-refractivity contribution in [2.24, 2.45) is 4.99 Å². The maximum absolute atomic E-state index is 12.1. The molecule has 1 aromatic rings. The Hall–Kier alpha value is -1.45. The van der Waals surface area contributed by atoms with Gasteiger partial charge in [-0.15, -0.1) is 0 Å². The summed E-state index contributed by atoms with van der Waals surface area (Å²) in [6.07, 6.45) is 0. The third-order valence-electron chi connectivity index (χ3n) is 4.43. The third kappa shape index (κ3) is 3.32. The van der Waals surface area contributed by atoms with Gasteiger partial charge in [-0.05, 0) is 12.1 Å². The number of methoxy groups -OCH3 is 1. The van der Waals surface area contributed by atoms with Gasteiger partial charge in [0.15, 0.2) is 26.5 Å². The Kier molecular flexibility index (Phi) is 4.55. The summed E-state index contributed by atoms with van der Waals surface area (Å²) >= 11 is 1.59. The Bertz CT molecular complexity index is 796. The number of amidine groups is 1. The van der Waals surface area contributed by atoms with E-state index in [0.717, 1.165) is 22.4 Å². The first-order valence-corrected chi connectivity index (χ1v) is 11.0. The lowest BCUT2D eigenvalue weighted by molar-refractivity contribution is 0.171. The largest absolute Gasteiger partial charge is 0.486 e. The summed E-state index contributed by atoms with van der Waals surface area (Å²) in [6.45, 7) is 1.67. The average molecular weight is 384 g/mol. The van der Waals surface area contributed by atoms with Gasteiger partial charge in [0.1, 0.15) is 13.2 Å². The molecule has 1 saturated heterocycles. The third-order valence-corrected chi connectivity index (χ3v) is 7.06. The van der Waals surface area contributed by atoms with Crippen LogP contribution in [0.2, 0.25) is 0 Å². The molecule has 0 bridgehead atoms. The number of fused-ring (bicyclic) bond motifs is 2. The van der Waals surface area contributed by atoms with E-state index in [4.69, 9.17) is 14.2 Å². The zero-order valence-corrected chi connectivity index (χ0v) is 15.5. The summed E-state index contributed by atoms with van der Waals surface area (Å²) in [5, 5.41) is 0.846. The van der Waals surface area contributed by atoms with Crippen molar-refractivity contribution in [1.29, 1.82) is 0 Å². The summed E-state index contributed by atoms with van der Waals surface area (Å²) in [7, 11) is -1.39. The van der Waals surface area contributed by atoms with Crippen LogP contribution in [0.1, 0.15) is 0 Å². The van der Waals surface area contributed by atoms with Crippen molar-refractivity contribution in [2.75, 3.05) is 49.1 Å². The predicted octanol–water partition coefficient (Wildman–Crippen LogP) is 1.18. The number of hydrogen-bond acceptors (Lipinski definition) is 8. The molecule has 0 aliphatic carbocycles. The molecule has 0 amide bonds. The highest BCUT2D eigenvalue weighted by Gasteiger charge is 2.47. The molecule has 0 aromatic heterocycles. The number of nitrogens with zero attached hydrogens (tertiary/aromatic N) is 2. The topological polar surface area (TPSA) is 77.4 Å². The molecule has 0 radical (unpaired) electrons. The lowest BCUT2D eigenvalue weighted by Gasteiger charge is -2.28. The lowest BCUT2D eigenvalue weighted by atomic mass is 10.1. The molecule has 3 aliphatic heterocycles. The normalized spacial score (nSPS) is 26.4. The van der Waals surface area contributed by atoms with E-state index in [9.17, 15) is 8.42 Å². The fraction of sp³-hybridized carbons (Fsp3) is 0.562. The van der Waals surface area contributed by atoms with Crippen molar-refractivity contribution in [3.63, 3.8) is 0 Å². The van der Waals surface area contributed by atoms with Crippen LogP contribution >= 0.6 is 11.8 Å². The fourth-order valence-electron chi connectivity index (χ4n) is 3.33. The minimum absolute atomic E-state index is 0.118. The van der Waals surface area contributed by atoms with Crippen LogP contribution in [0.3, 0.4) is 0 Å². The number of thioether (sulfide) groups is 1. The first-order chi connectivity index (χ1) is 12.1. The lowest BCUT2D eigenvalue weighted by Crippen LogP contribution is -2.39. The SMILES string of the molecule is COCCSC1=N[C@@H]2CS(=O)(=O)C[C@@H]2N1c1ccc2c(c1)OCCO2. The summed E-state index contributed by atoms with van der Waals surface area (Å²) in [5.74, 6) is 2.42. The number of rotatable bonds is 4. The number of aliphatic imine (C=N–C) groups is 1. The Balaban J connectivity index is 1.65. The van der Waals surface area contributed by atoms with E-state index < -0.39 is 9.84 Å². The van der Waals surface area contributed by atoms with Crippen LogP contribution in [0.5, 0.6) is 11.5 Å². The molecule has 0 unspecified atom stereocenters. The van der Waals surface area contributed by atoms with E-state index in [0.29, 0.717) is 25.6 Å². The van der Waals surface area contributed by atoms with Gasteiger partial charge in [-0.25, -0.2) is 8.42 Å². The van der Waals surface area contributed by atoms with Gasteiger partial charge in [0.25, 0.3) is 0 Å². The summed E-state index contributed by atoms with van der Waals surface area (Å²) in [4.78, 5) is 6.72. The van der Waals surface area contributed by atoms with Crippen LogP contribution in [0.25, 0.3) is 0 Å². The van der Waals surface area contributed by atoms with Gasteiger partial charge in [0.2, 0.25) is 0 Å². The first kappa shape index (κ1) is 17.0. The molecule has 2 atom stereocenters. The number of anilines is 1. The molecule has 1 fully saturated rings. The molecule has 0 saturated carbocycles. The Morgan fingerprint density at radius 1 is 1.28 bits per heavy atom. The summed E-state index contributed by atoms with van der Waals surface area (Å²) in [6, 6.07) is 5.36. The molecule has 1 aromatic carbocycles. The molecule has 9 heteroatoms. The molecular formula is C16H20N2O5S2. The minimum Gasteiger partial charge on any atom is -0.486 e. The second-order valence-corrected chi connectivity index (χ2v) is 9.38. The molecule has 25 heavy (non-hydrogen) atoms. The second-order valence-electron chi connectivity index (χ2n) is 6.16. The molecule has 4 rings (SSSR count). The van der Waals surface area contributed by atoms with E-state index in [2.05, 4.69) is 4.99 Å². The predicted molar refractivity (Wildman–Crippen MR) is 97.9 cm³/mol. The number of sulfone groups is 1. The number of ether oxygens (including phenoxy) is 3. The van der Waals surface area contributed by atoms with Crippen molar-refractivity contribution in [3.8, 4) is 11.5 Å². The van der Waals surface area contributed by atoms with Gasteiger partial charge in [-0.1, -0.05) is 11.8 Å². The van der Waals surface area contributed by atoms with Crippen molar-refractivity contribution in [1.82, 2.24) is 0 Å². The molecule has 0 N–H and O–H groups in total. The van der Waals surface area contributed by atoms with Crippen LogP contribution in [-0.2, 0) is 14.6 Å². The van der Waals surface area contributed by atoms with E-state index in [1.165, 1.54) is 0 Å². The average Bonchev–Trinajstić information content (AvgIpc) is 3.05. The van der Waals surface area contributed by atoms with Gasteiger partial charge in [0.05, 0.1) is 30.2 Å². The summed E-state index contributed by atoms with van der Waals surface area (Å²) < 4.78 is 40.5. The molecule has 3 aliphatic rings. The monoisotopic (exact) mass is 384 g/mol. The highest BCUT2D eigenvalue weighted by Crippen LogP contribution is 2.39. The molecule has 136 valence electrons. The Labute approximate surface area is 151 Å². The van der Waals surface area contributed by atoms with Gasteiger partial charge < -0.3 is 19.1 Å². The Morgan fingerprint density at radius 2 is 2.08 bits per heavy atom. The first-order valence-electron chi connectivity index (χ1n) is 8.16. The maximum Gasteiger partial charge on any atom is 0.164 e. The van der Waals surface area contributed by atoms with Gasteiger partial charge in [-0.3, -0.25) is 4.99 Å². The highest BCUT2D eigenvalue weighted by atomic mass is 32.2. The quantitative estimate of drug-likeness (QED) is 0.722. The molecular weight excluding hydrogens is 364 g/mol. The van der Waals surface area contributed by atoms with Crippen LogP contribution in [-0.4, -0.2) is 69.9 Å². The summed E-state index contributed by atoms with van der Waals surface area (Å²) in [5.41, 5.74) is 0.887. The van der Waals surface area contributed by atoms with Crippen molar-refractivity contribution < 1.29 is 22.6 Å². The van der Waals surface area contributed by atoms with Crippen LogP contribution < -0.4 is 14.4 Å². The van der Waals surface area contributed by atoms with E-state index >= 15 is 0 Å². The van der Waals surface area contributed by atoms with Crippen LogP contribution in [0.4, 0.5) is 5.69 Å². The fourth-order valence-corrected chi connectivity index (χ4v) is 6.20. The van der Waals surface area contributed by atoms with Crippen LogP contribution in [0.15, 0.2) is 23.2 Å². The van der Waals surface area contributed by atoms with Crippen molar-refractivity contribution in [2.45, 2.75) is 12.1 Å². The molecule has 0 spiro atoms. The van der Waals surface area contributed by atoms with E-state index in [1.54, 1.807) is 18.9 Å². The highest BCUT2D eigenvalue weighted by molar-refractivity contribution is 8.14. The van der Waals surface area contributed by atoms with Crippen molar-refractivity contribution in [3.05, 3.63) is 18.2 Å². The van der Waals surface area contributed by atoms with Gasteiger partial charge in [-0.2, -0.15) is 0 Å². The minimum atomic E-state index is -3.05.